The molecule has 1 aromatic heterocycles. The van der Waals surface area contributed by atoms with Gasteiger partial charge in [0.15, 0.2) is 0 Å². The number of anilines is 1. The Kier molecular flexibility index (Phi) is 2.65. The van der Waals surface area contributed by atoms with E-state index in [2.05, 4.69) is 9.97 Å². The second-order valence-corrected chi connectivity index (χ2v) is 4.38. The van der Waals surface area contributed by atoms with Gasteiger partial charge in [0, 0.05) is 18.4 Å². The normalized spacial score (nSPS) is 19.9. The van der Waals surface area contributed by atoms with E-state index in [1.165, 1.54) is 0 Å². The molecule has 4 nitrogen and oxygen atoms in total. The Morgan fingerprint density at radius 3 is 3.00 bits per heavy atom. The van der Waals surface area contributed by atoms with Gasteiger partial charge in [0.25, 0.3) is 0 Å². The van der Waals surface area contributed by atoms with E-state index in [4.69, 9.17) is 10.5 Å². The first kappa shape index (κ1) is 10.5. The summed E-state index contributed by atoms with van der Waals surface area (Å²) in [5.74, 6) is 0.344. The fourth-order valence-corrected chi connectivity index (χ4v) is 2.34. The highest BCUT2D eigenvalue weighted by atomic mass is 16.5. The molecule has 2 N–H and O–H groups in total. The van der Waals surface area contributed by atoms with E-state index < -0.39 is 0 Å². The number of para-hydroxylation sites is 1. The van der Waals surface area contributed by atoms with Crippen molar-refractivity contribution < 1.29 is 4.74 Å². The molecule has 0 bridgehead atoms. The number of hydrogen-bond acceptors (Lipinski definition) is 4. The summed E-state index contributed by atoms with van der Waals surface area (Å²) in [5.41, 5.74) is 7.65. The maximum Gasteiger partial charge on any atom is 0.220 e. The van der Waals surface area contributed by atoms with E-state index in [9.17, 15) is 0 Å². The predicted molar refractivity (Wildman–Crippen MR) is 66.6 cm³/mol. The number of nitrogen functional groups attached to an aromatic ring is 1. The van der Waals surface area contributed by atoms with E-state index >= 15 is 0 Å². The maximum absolute atomic E-state index is 5.74. The second kappa shape index (κ2) is 4.30. The summed E-state index contributed by atoms with van der Waals surface area (Å²) in [4.78, 5) is 8.59. The third kappa shape index (κ3) is 2.08. The Bertz CT molecular complexity index is 535. The van der Waals surface area contributed by atoms with Gasteiger partial charge in [-0.1, -0.05) is 18.2 Å². The van der Waals surface area contributed by atoms with Crippen molar-refractivity contribution in [3.8, 4) is 0 Å². The summed E-state index contributed by atoms with van der Waals surface area (Å²) >= 11 is 0. The predicted octanol–water partition coefficient (Wildman–Crippen LogP) is 1.93. The van der Waals surface area contributed by atoms with Gasteiger partial charge in [-0.3, -0.25) is 0 Å². The van der Waals surface area contributed by atoms with Crippen molar-refractivity contribution in [1.82, 2.24) is 9.97 Å². The van der Waals surface area contributed by atoms with Crippen LogP contribution in [0.3, 0.4) is 0 Å². The molecule has 0 spiro atoms. The molecular weight excluding hydrogens is 214 g/mol. The highest BCUT2D eigenvalue weighted by Crippen LogP contribution is 2.22. The molecule has 2 heterocycles. The highest BCUT2D eigenvalue weighted by molar-refractivity contribution is 5.81. The van der Waals surface area contributed by atoms with Crippen molar-refractivity contribution in [2.45, 2.75) is 25.4 Å². The van der Waals surface area contributed by atoms with Crippen LogP contribution in [0, 0.1) is 0 Å². The summed E-state index contributed by atoms with van der Waals surface area (Å²) in [6.07, 6.45) is 3.36. The van der Waals surface area contributed by atoms with Crippen molar-refractivity contribution in [2.24, 2.45) is 0 Å². The average molecular weight is 229 g/mol. The van der Waals surface area contributed by atoms with Gasteiger partial charge in [0.2, 0.25) is 5.95 Å². The lowest BCUT2D eigenvalue weighted by Gasteiger charge is -2.11. The maximum atomic E-state index is 5.74. The van der Waals surface area contributed by atoms with Crippen molar-refractivity contribution in [3.63, 3.8) is 0 Å². The summed E-state index contributed by atoms with van der Waals surface area (Å²) in [5, 5.41) is 1.08. The number of ether oxygens (including phenoxy) is 1. The fourth-order valence-electron chi connectivity index (χ4n) is 2.34. The summed E-state index contributed by atoms with van der Waals surface area (Å²) in [6, 6.07) is 7.97. The van der Waals surface area contributed by atoms with Gasteiger partial charge in [-0.15, -0.1) is 0 Å². The van der Waals surface area contributed by atoms with Gasteiger partial charge in [-0.05, 0) is 18.9 Å². The quantitative estimate of drug-likeness (QED) is 0.854. The zero-order valence-corrected chi connectivity index (χ0v) is 9.60. The molecule has 0 saturated carbocycles. The van der Waals surface area contributed by atoms with E-state index in [0.29, 0.717) is 5.95 Å². The molecule has 1 fully saturated rings. The van der Waals surface area contributed by atoms with Crippen LogP contribution in [0.4, 0.5) is 5.95 Å². The molecule has 88 valence electrons. The largest absolute Gasteiger partial charge is 0.378 e. The van der Waals surface area contributed by atoms with Gasteiger partial charge in [-0.2, -0.15) is 0 Å². The van der Waals surface area contributed by atoms with Crippen molar-refractivity contribution >= 4 is 16.9 Å². The van der Waals surface area contributed by atoms with Crippen LogP contribution in [0.15, 0.2) is 24.3 Å². The van der Waals surface area contributed by atoms with E-state index in [1.807, 2.05) is 24.3 Å². The third-order valence-electron chi connectivity index (χ3n) is 3.14. The van der Waals surface area contributed by atoms with Gasteiger partial charge < -0.3 is 10.5 Å². The lowest BCUT2D eigenvalue weighted by Crippen LogP contribution is -2.12. The summed E-state index contributed by atoms with van der Waals surface area (Å²) < 4.78 is 5.64. The molecule has 0 amide bonds. The first-order valence-electron chi connectivity index (χ1n) is 5.95. The molecule has 17 heavy (non-hydrogen) atoms. The number of nitrogens with zero attached hydrogens (tertiary/aromatic N) is 2. The van der Waals surface area contributed by atoms with Crippen LogP contribution in [0.1, 0.15) is 18.5 Å². The lowest BCUT2D eigenvalue weighted by atomic mass is 10.1. The molecule has 3 rings (SSSR count). The zero-order valence-electron chi connectivity index (χ0n) is 9.60. The van der Waals surface area contributed by atoms with Crippen molar-refractivity contribution in [1.29, 1.82) is 0 Å². The fraction of sp³-hybridized carbons (Fsp3) is 0.385. The Balaban J connectivity index is 2.01. The Morgan fingerprint density at radius 2 is 2.18 bits per heavy atom. The number of benzene rings is 1. The van der Waals surface area contributed by atoms with Crippen LogP contribution in [0.2, 0.25) is 0 Å². The second-order valence-electron chi connectivity index (χ2n) is 4.38. The number of aromatic nitrogens is 2. The molecule has 1 unspecified atom stereocenters. The van der Waals surface area contributed by atoms with Crippen LogP contribution in [-0.4, -0.2) is 22.7 Å². The smallest absolute Gasteiger partial charge is 0.220 e. The molecule has 1 aliphatic heterocycles. The van der Waals surface area contributed by atoms with Crippen molar-refractivity contribution in [2.75, 3.05) is 12.3 Å². The third-order valence-corrected chi connectivity index (χ3v) is 3.14. The molecule has 4 heteroatoms. The molecule has 0 aliphatic carbocycles. The highest BCUT2D eigenvalue weighted by Gasteiger charge is 2.18. The standard InChI is InChI=1S/C13H15N3O/c14-13-15-11-6-2-1-5-10(11)12(16-13)8-9-4-3-7-17-9/h1-2,5-6,9H,3-4,7-8H2,(H2,14,15,16). The van der Waals surface area contributed by atoms with Crippen molar-refractivity contribution in [3.05, 3.63) is 30.0 Å². The molecule has 1 saturated heterocycles. The van der Waals surface area contributed by atoms with Crippen LogP contribution in [0.25, 0.3) is 10.9 Å². The minimum absolute atomic E-state index is 0.285. The van der Waals surface area contributed by atoms with Crippen LogP contribution in [0.5, 0.6) is 0 Å². The molecule has 0 radical (unpaired) electrons. The average Bonchev–Trinajstić information content (AvgIpc) is 2.81. The van der Waals surface area contributed by atoms with Gasteiger partial charge in [-0.25, -0.2) is 9.97 Å². The summed E-state index contributed by atoms with van der Waals surface area (Å²) in [7, 11) is 0. The van der Waals surface area contributed by atoms with Crippen LogP contribution >= 0.6 is 0 Å². The molecule has 1 aromatic carbocycles. The van der Waals surface area contributed by atoms with E-state index in [-0.39, 0.29) is 6.10 Å². The molecular formula is C13H15N3O. The Labute approximate surface area is 99.8 Å². The molecule has 1 atom stereocenters. The number of nitrogens with two attached hydrogens (primary N) is 1. The minimum Gasteiger partial charge on any atom is -0.378 e. The van der Waals surface area contributed by atoms with Gasteiger partial charge in [0.1, 0.15) is 0 Å². The number of rotatable bonds is 2. The monoisotopic (exact) mass is 229 g/mol. The molecule has 2 aromatic rings. The number of hydrogen-bond donors (Lipinski definition) is 1. The van der Waals surface area contributed by atoms with Crippen LogP contribution < -0.4 is 5.73 Å². The first-order chi connectivity index (χ1) is 8.33. The zero-order chi connectivity index (χ0) is 11.7. The minimum atomic E-state index is 0.285. The number of fused-ring (bicyclic) bond motifs is 1. The van der Waals surface area contributed by atoms with Crippen LogP contribution in [-0.2, 0) is 11.2 Å². The SMILES string of the molecule is Nc1nc(CC2CCCO2)c2ccccc2n1. The van der Waals surface area contributed by atoms with E-state index in [1.54, 1.807) is 0 Å². The Morgan fingerprint density at radius 1 is 1.29 bits per heavy atom. The molecule has 1 aliphatic rings. The van der Waals surface area contributed by atoms with E-state index in [0.717, 1.165) is 42.5 Å². The first-order valence-corrected chi connectivity index (χ1v) is 5.95. The lowest BCUT2D eigenvalue weighted by molar-refractivity contribution is 0.111. The van der Waals surface area contributed by atoms with Gasteiger partial charge >= 0.3 is 0 Å². The summed E-state index contributed by atoms with van der Waals surface area (Å²) in [6.45, 7) is 0.864. The topological polar surface area (TPSA) is 61.0 Å². The Hall–Kier alpha value is -1.68. The van der Waals surface area contributed by atoms with Gasteiger partial charge in [0.05, 0.1) is 17.3 Å².